The van der Waals surface area contributed by atoms with Crippen molar-refractivity contribution in [2.24, 2.45) is 22.7 Å². The first kappa shape index (κ1) is 24.2. The molecular formula is C20H38IN3O3S. The molecule has 0 aromatic heterocycles. The van der Waals surface area contributed by atoms with Crippen LogP contribution >= 0.6 is 24.0 Å². The Kier molecular flexibility index (Phi) is 9.80. The molecule has 0 aromatic rings. The van der Waals surface area contributed by atoms with Gasteiger partial charge in [0.2, 0.25) is 0 Å². The van der Waals surface area contributed by atoms with Gasteiger partial charge in [0.15, 0.2) is 15.8 Å². The molecule has 0 aromatic carbocycles. The number of guanidine groups is 1. The molecule has 0 bridgehead atoms. The summed E-state index contributed by atoms with van der Waals surface area (Å²) in [7, 11) is -2.84. The molecule has 164 valence electrons. The van der Waals surface area contributed by atoms with Gasteiger partial charge in [-0.25, -0.2) is 8.42 Å². The molecule has 1 aliphatic carbocycles. The summed E-state index contributed by atoms with van der Waals surface area (Å²) in [6.45, 7) is 6.84. The largest absolute Gasteiger partial charge is 0.381 e. The van der Waals surface area contributed by atoms with E-state index in [0.29, 0.717) is 30.1 Å². The van der Waals surface area contributed by atoms with Crippen molar-refractivity contribution in [2.45, 2.75) is 70.9 Å². The number of nitrogens with one attached hydrogen (secondary N) is 2. The van der Waals surface area contributed by atoms with Gasteiger partial charge in [-0.2, -0.15) is 0 Å². The van der Waals surface area contributed by atoms with Crippen LogP contribution in [0, 0.1) is 17.8 Å². The van der Waals surface area contributed by atoms with Crippen molar-refractivity contribution in [2.75, 3.05) is 31.3 Å². The van der Waals surface area contributed by atoms with Gasteiger partial charge in [-0.3, -0.25) is 4.99 Å². The van der Waals surface area contributed by atoms with E-state index in [1.165, 1.54) is 25.7 Å². The van der Waals surface area contributed by atoms with Gasteiger partial charge in [0.05, 0.1) is 11.5 Å². The Morgan fingerprint density at radius 1 is 1.00 bits per heavy atom. The van der Waals surface area contributed by atoms with Crippen LogP contribution in [-0.2, 0) is 14.6 Å². The lowest BCUT2D eigenvalue weighted by Gasteiger charge is -2.33. The van der Waals surface area contributed by atoms with Crippen molar-refractivity contribution >= 4 is 39.8 Å². The number of rotatable bonds is 5. The highest BCUT2D eigenvalue weighted by Gasteiger charge is 2.28. The molecule has 28 heavy (non-hydrogen) atoms. The lowest BCUT2D eigenvalue weighted by molar-refractivity contribution is 0.0821. The van der Waals surface area contributed by atoms with Crippen LogP contribution in [0.3, 0.4) is 0 Å². The Bertz CT molecular complexity index is 598. The van der Waals surface area contributed by atoms with Crippen molar-refractivity contribution in [3.63, 3.8) is 0 Å². The molecule has 1 saturated carbocycles. The summed E-state index contributed by atoms with van der Waals surface area (Å²) in [4.78, 5) is 4.80. The standard InChI is InChI=1S/C20H37N3O3S.HI/c1-15(2)17-3-5-18(6-4-17)22-20(23-19-7-10-26-11-8-19)21-13-16-9-12-27(24,25)14-16;/h15-19H,3-14H2,1-2H3,(H2,21,22,23);1H. The molecule has 3 fully saturated rings. The molecule has 2 N–H and O–H groups in total. The van der Waals surface area contributed by atoms with Crippen molar-refractivity contribution in [3.05, 3.63) is 0 Å². The van der Waals surface area contributed by atoms with Crippen LogP contribution < -0.4 is 10.6 Å². The van der Waals surface area contributed by atoms with Crippen molar-refractivity contribution in [3.8, 4) is 0 Å². The fraction of sp³-hybridized carbons (Fsp3) is 0.950. The minimum Gasteiger partial charge on any atom is -0.381 e. The zero-order valence-corrected chi connectivity index (χ0v) is 20.5. The van der Waals surface area contributed by atoms with Crippen molar-refractivity contribution in [1.82, 2.24) is 10.6 Å². The topological polar surface area (TPSA) is 79.8 Å². The molecule has 6 nitrogen and oxygen atoms in total. The van der Waals surface area contributed by atoms with Gasteiger partial charge in [-0.15, -0.1) is 24.0 Å². The predicted octanol–water partition coefficient (Wildman–Crippen LogP) is 2.97. The van der Waals surface area contributed by atoms with E-state index in [4.69, 9.17) is 9.73 Å². The van der Waals surface area contributed by atoms with Crippen LogP contribution in [0.1, 0.15) is 58.8 Å². The third kappa shape index (κ3) is 7.63. The van der Waals surface area contributed by atoms with Crippen LogP contribution in [0.2, 0.25) is 0 Å². The monoisotopic (exact) mass is 527 g/mol. The Morgan fingerprint density at radius 3 is 2.14 bits per heavy atom. The summed E-state index contributed by atoms with van der Waals surface area (Å²) in [5.74, 6) is 3.27. The summed E-state index contributed by atoms with van der Waals surface area (Å²) in [5.41, 5.74) is 0. The van der Waals surface area contributed by atoms with Crippen molar-refractivity contribution in [1.29, 1.82) is 0 Å². The minimum atomic E-state index is -2.84. The first-order chi connectivity index (χ1) is 12.9. The quantitative estimate of drug-likeness (QED) is 0.327. The fourth-order valence-corrected chi connectivity index (χ4v) is 6.38. The van der Waals surface area contributed by atoms with Crippen molar-refractivity contribution < 1.29 is 13.2 Å². The van der Waals surface area contributed by atoms with Gasteiger partial charge in [-0.1, -0.05) is 13.8 Å². The van der Waals surface area contributed by atoms with E-state index in [1.54, 1.807) is 0 Å². The highest BCUT2D eigenvalue weighted by Crippen LogP contribution is 2.29. The Morgan fingerprint density at radius 2 is 1.61 bits per heavy atom. The van der Waals surface area contributed by atoms with Gasteiger partial charge < -0.3 is 15.4 Å². The lowest BCUT2D eigenvalue weighted by Crippen LogP contribution is -2.50. The average Bonchev–Trinajstić information content (AvgIpc) is 3.00. The smallest absolute Gasteiger partial charge is 0.191 e. The molecule has 3 rings (SSSR count). The zero-order chi connectivity index (χ0) is 19.3. The second-order valence-electron chi connectivity index (χ2n) is 8.99. The fourth-order valence-electron chi connectivity index (χ4n) is 4.53. The predicted molar refractivity (Wildman–Crippen MR) is 125 cm³/mol. The van der Waals surface area contributed by atoms with Gasteiger partial charge in [0.1, 0.15) is 0 Å². The molecular weight excluding hydrogens is 489 g/mol. The Hall–Kier alpha value is -0.0900. The first-order valence-corrected chi connectivity index (χ1v) is 12.6. The van der Waals surface area contributed by atoms with Crippen LogP contribution in [0.5, 0.6) is 0 Å². The molecule has 1 unspecified atom stereocenters. The average molecular weight is 528 g/mol. The first-order valence-electron chi connectivity index (χ1n) is 10.8. The third-order valence-electron chi connectivity index (χ3n) is 6.45. The van der Waals surface area contributed by atoms with E-state index in [1.807, 2.05) is 0 Å². The third-order valence-corrected chi connectivity index (χ3v) is 8.29. The number of halogens is 1. The van der Waals surface area contributed by atoms with E-state index >= 15 is 0 Å². The van der Waals surface area contributed by atoms with E-state index < -0.39 is 9.84 Å². The summed E-state index contributed by atoms with van der Waals surface area (Å²) in [5, 5.41) is 7.25. The number of hydrogen-bond acceptors (Lipinski definition) is 4. The summed E-state index contributed by atoms with van der Waals surface area (Å²) >= 11 is 0. The summed E-state index contributed by atoms with van der Waals surface area (Å²) in [6, 6.07) is 0.864. The maximum Gasteiger partial charge on any atom is 0.191 e. The van der Waals surface area contributed by atoms with Crippen LogP contribution in [0.25, 0.3) is 0 Å². The SMILES string of the molecule is CC(C)C1CCC(NC(=NCC2CCS(=O)(=O)C2)NC2CCOCC2)CC1.I. The normalized spacial score (nSPS) is 31.4. The van der Waals surface area contributed by atoms with Crippen LogP contribution in [0.4, 0.5) is 0 Å². The molecule has 2 saturated heterocycles. The van der Waals surface area contributed by atoms with Crippen LogP contribution in [-0.4, -0.2) is 57.7 Å². The maximum absolute atomic E-state index is 11.7. The van der Waals surface area contributed by atoms with E-state index in [0.717, 1.165) is 50.3 Å². The number of nitrogens with zero attached hydrogens (tertiary/aromatic N) is 1. The van der Waals surface area contributed by atoms with Crippen LogP contribution in [0.15, 0.2) is 4.99 Å². The van der Waals surface area contributed by atoms with Gasteiger partial charge in [-0.05, 0) is 62.7 Å². The molecule has 3 aliphatic rings. The summed E-state index contributed by atoms with van der Waals surface area (Å²) in [6.07, 6.45) is 7.68. The second-order valence-corrected chi connectivity index (χ2v) is 11.2. The molecule has 2 heterocycles. The minimum absolute atomic E-state index is 0. The number of aliphatic imine (C=N–C) groups is 1. The molecule has 0 radical (unpaired) electrons. The summed E-state index contributed by atoms with van der Waals surface area (Å²) < 4.78 is 28.9. The molecule has 8 heteroatoms. The Labute approximate surface area is 188 Å². The maximum atomic E-state index is 11.7. The Balaban J connectivity index is 0.00000280. The highest BCUT2D eigenvalue weighted by atomic mass is 127. The van der Waals surface area contributed by atoms with Gasteiger partial charge in [0, 0.05) is 31.8 Å². The van der Waals surface area contributed by atoms with Gasteiger partial charge >= 0.3 is 0 Å². The second kappa shape index (κ2) is 11.3. The molecule has 1 atom stereocenters. The lowest BCUT2D eigenvalue weighted by atomic mass is 9.80. The van der Waals surface area contributed by atoms with E-state index in [-0.39, 0.29) is 29.9 Å². The van der Waals surface area contributed by atoms with E-state index in [2.05, 4.69) is 24.5 Å². The van der Waals surface area contributed by atoms with Gasteiger partial charge in [0.25, 0.3) is 0 Å². The number of ether oxygens (including phenoxy) is 1. The number of sulfone groups is 1. The highest BCUT2D eigenvalue weighted by molar-refractivity contribution is 14.0. The molecule has 0 amide bonds. The molecule has 0 spiro atoms. The number of hydrogen-bond donors (Lipinski definition) is 2. The zero-order valence-electron chi connectivity index (χ0n) is 17.4. The van der Waals surface area contributed by atoms with E-state index in [9.17, 15) is 8.42 Å². The molecule has 2 aliphatic heterocycles.